The highest BCUT2D eigenvalue weighted by Crippen LogP contribution is 2.27. The third kappa shape index (κ3) is 3.32. The zero-order chi connectivity index (χ0) is 18.0. The Morgan fingerprint density at radius 3 is 2.72 bits per heavy atom. The summed E-state index contributed by atoms with van der Waals surface area (Å²) in [5, 5.41) is 11.0. The summed E-state index contributed by atoms with van der Waals surface area (Å²) < 4.78 is 7.27. The molecule has 130 valence electrons. The number of nitro groups is 1. The van der Waals surface area contributed by atoms with Crippen LogP contribution in [0.2, 0.25) is 0 Å². The van der Waals surface area contributed by atoms with E-state index in [4.69, 9.17) is 4.74 Å². The van der Waals surface area contributed by atoms with Gasteiger partial charge in [-0.05, 0) is 18.2 Å². The van der Waals surface area contributed by atoms with E-state index >= 15 is 0 Å². The predicted octanol–water partition coefficient (Wildman–Crippen LogP) is 3.26. The molecular formula is C18H20N4O3. The van der Waals surface area contributed by atoms with Crippen molar-refractivity contribution in [2.45, 2.75) is 13.2 Å². The van der Waals surface area contributed by atoms with Gasteiger partial charge in [-0.15, -0.1) is 0 Å². The van der Waals surface area contributed by atoms with Crippen LogP contribution in [0.5, 0.6) is 0 Å². The molecule has 0 saturated heterocycles. The number of non-ortho nitro benzene ring substituents is 1. The highest BCUT2D eigenvalue weighted by molar-refractivity contribution is 5.75. The Morgan fingerprint density at radius 2 is 2.04 bits per heavy atom. The molecule has 0 fully saturated rings. The minimum atomic E-state index is -0.394. The van der Waals surface area contributed by atoms with Crippen molar-refractivity contribution in [3.8, 4) is 0 Å². The van der Waals surface area contributed by atoms with Crippen LogP contribution < -0.4 is 4.90 Å². The molecule has 3 rings (SSSR count). The first-order valence-corrected chi connectivity index (χ1v) is 7.89. The van der Waals surface area contributed by atoms with Crippen LogP contribution in [-0.4, -0.2) is 28.6 Å². The molecule has 0 atom stereocenters. The van der Waals surface area contributed by atoms with Gasteiger partial charge in [0.1, 0.15) is 5.82 Å². The monoisotopic (exact) mass is 340 g/mol. The van der Waals surface area contributed by atoms with Gasteiger partial charge in [0, 0.05) is 44.6 Å². The van der Waals surface area contributed by atoms with Crippen LogP contribution in [0.25, 0.3) is 11.0 Å². The predicted molar refractivity (Wildman–Crippen MR) is 96.6 cm³/mol. The number of nitrogens with zero attached hydrogens (tertiary/aromatic N) is 4. The maximum absolute atomic E-state index is 11.0. The van der Waals surface area contributed by atoms with E-state index in [0.717, 1.165) is 28.1 Å². The third-order valence-corrected chi connectivity index (χ3v) is 4.24. The molecule has 25 heavy (non-hydrogen) atoms. The fraction of sp³-hybridized carbons (Fsp3) is 0.278. The van der Waals surface area contributed by atoms with Gasteiger partial charge < -0.3 is 14.2 Å². The van der Waals surface area contributed by atoms with E-state index in [2.05, 4.69) is 9.55 Å². The molecule has 1 heterocycles. The molecule has 0 amide bonds. The summed E-state index contributed by atoms with van der Waals surface area (Å²) in [4.78, 5) is 17.3. The van der Waals surface area contributed by atoms with Gasteiger partial charge in [-0.1, -0.05) is 12.1 Å². The van der Waals surface area contributed by atoms with E-state index in [1.54, 1.807) is 19.2 Å². The summed E-state index contributed by atoms with van der Waals surface area (Å²) in [6.07, 6.45) is 0. The molecule has 7 nitrogen and oxygen atoms in total. The molecule has 2 aromatic carbocycles. The van der Waals surface area contributed by atoms with Crippen LogP contribution in [0.1, 0.15) is 11.4 Å². The number of anilines is 1. The summed E-state index contributed by atoms with van der Waals surface area (Å²) in [6, 6.07) is 12.8. The number of aromatic nitrogens is 2. The number of methoxy groups -OCH3 is 1. The first-order chi connectivity index (χ1) is 12.0. The Bertz CT molecular complexity index is 920. The minimum Gasteiger partial charge on any atom is -0.380 e. The van der Waals surface area contributed by atoms with Crippen LogP contribution in [0.4, 0.5) is 11.4 Å². The lowest BCUT2D eigenvalue weighted by atomic mass is 10.1. The number of ether oxygens (including phenoxy) is 1. The van der Waals surface area contributed by atoms with Crippen molar-refractivity contribution in [1.82, 2.24) is 9.55 Å². The quantitative estimate of drug-likeness (QED) is 0.509. The summed E-state index contributed by atoms with van der Waals surface area (Å²) in [5.74, 6) is 0.922. The normalized spacial score (nSPS) is 11.0. The summed E-state index contributed by atoms with van der Waals surface area (Å²) in [6.45, 7) is 0.892. The van der Waals surface area contributed by atoms with E-state index in [1.165, 1.54) is 6.07 Å². The number of aryl methyl sites for hydroxylation is 1. The standard InChI is InChI=1S/C18H20N4O3/c1-20(11-18-19-15-6-4-5-7-17(15)21(18)2)16-9-8-14(22(23)24)10-13(16)12-25-3/h4-10H,11-12H2,1-3H3. The molecule has 0 radical (unpaired) electrons. The number of hydrogen-bond acceptors (Lipinski definition) is 5. The lowest BCUT2D eigenvalue weighted by Crippen LogP contribution is -2.20. The van der Waals surface area contributed by atoms with E-state index in [1.807, 2.05) is 43.3 Å². The van der Waals surface area contributed by atoms with E-state index < -0.39 is 4.92 Å². The van der Waals surface area contributed by atoms with Crippen molar-refractivity contribution >= 4 is 22.4 Å². The van der Waals surface area contributed by atoms with Crippen LogP contribution in [-0.2, 0) is 24.9 Å². The maximum atomic E-state index is 11.0. The number of fused-ring (bicyclic) bond motifs is 1. The van der Waals surface area contributed by atoms with Crippen LogP contribution in [0.3, 0.4) is 0 Å². The molecule has 7 heteroatoms. The van der Waals surface area contributed by atoms with Crippen molar-refractivity contribution in [2.24, 2.45) is 7.05 Å². The molecule has 0 aliphatic rings. The zero-order valence-corrected chi connectivity index (χ0v) is 14.5. The van der Waals surface area contributed by atoms with Gasteiger partial charge in [0.15, 0.2) is 0 Å². The average molecular weight is 340 g/mol. The number of para-hydroxylation sites is 2. The SMILES string of the molecule is COCc1cc([N+](=O)[O-])ccc1N(C)Cc1nc2ccccc2n1C. The minimum absolute atomic E-state index is 0.0620. The first kappa shape index (κ1) is 16.9. The fourth-order valence-electron chi connectivity index (χ4n) is 2.96. The Hall–Kier alpha value is -2.93. The number of benzene rings is 2. The number of nitro benzene ring substituents is 1. The Balaban J connectivity index is 1.93. The highest BCUT2D eigenvalue weighted by Gasteiger charge is 2.16. The van der Waals surface area contributed by atoms with Gasteiger partial charge in [-0.25, -0.2) is 4.98 Å². The molecule has 0 bridgehead atoms. The van der Waals surface area contributed by atoms with E-state index in [-0.39, 0.29) is 5.69 Å². The molecule has 0 unspecified atom stereocenters. The summed E-state index contributed by atoms with van der Waals surface area (Å²) in [5.41, 5.74) is 3.75. The average Bonchev–Trinajstić information content (AvgIpc) is 2.91. The molecule has 0 spiro atoms. The van der Waals surface area contributed by atoms with Crippen LogP contribution in [0, 0.1) is 10.1 Å². The Kier molecular flexibility index (Phi) is 4.67. The fourth-order valence-corrected chi connectivity index (χ4v) is 2.96. The van der Waals surface area contributed by atoms with Gasteiger partial charge in [0.25, 0.3) is 5.69 Å². The largest absolute Gasteiger partial charge is 0.380 e. The summed E-state index contributed by atoms with van der Waals surface area (Å²) in [7, 11) is 5.51. The topological polar surface area (TPSA) is 73.4 Å². The maximum Gasteiger partial charge on any atom is 0.269 e. The van der Waals surface area contributed by atoms with Gasteiger partial charge in [-0.2, -0.15) is 0 Å². The van der Waals surface area contributed by atoms with Gasteiger partial charge in [0.2, 0.25) is 0 Å². The number of hydrogen-bond donors (Lipinski definition) is 0. The molecule has 0 aliphatic carbocycles. The van der Waals surface area contributed by atoms with Crippen molar-refractivity contribution in [1.29, 1.82) is 0 Å². The Morgan fingerprint density at radius 1 is 1.28 bits per heavy atom. The van der Waals surface area contributed by atoms with Crippen LogP contribution >= 0.6 is 0 Å². The molecular weight excluding hydrogens is 320 g/mol. The first-order valence-electron chi connectivity index (χ1n) is 7.89. The zero-order valence-electron chi connectivity index (χ0n) is 14.5. The number of rotatable bonds is 6. The lowest BCUT2D eigenvalue weighted by molar-refractivity contribution is -0.384. The molecule has 0 aliphatic heterocycles. The van der Waals surface area contributed by atoms with Gasteiger partial charge in [-0.3, -0.25) is 10.1 Å². The van der Waals surface area contributed by atoms with E-state index in [0.29, 0.717) is 13.2 Å². The second-order valence-corrected chi connectivity index (χ2v) is 5.93. The second-order valence-electron chi connectivity index (χ2n) is 5.93. The Labute approximate surface area is 145 Å². The van der Waals surface area contributed by atoms with Crippen molar-refractivity contribution in [2.75, 3.05) is 19.1 Å². The highest BCUT2D eigenvalue weighted by atomic mass is 16.6. The third-order valence-electron chi connectivity index (χ3n) is 4.24. The molecule has 0 N–H and O–H groups in total. The van der Waals surface area contributed by atoms with Crippen molar-refractivity contribution in [3.63, 3.8) is 0 Å². The number of imidazole rings is 1. The van der Waals surface area contributed by atoms with Crippen molar-refractivity contribution in [3.05, 3.63) is 64.0 Å². The summed E-state index contributed by atoms with van der Waals surface area (Å²) >= 11 is 0. The molecule has 1 aromatic heterocycles. The second kappa shape index (κ2) is 6.90. The van der Waals surface area contributed by atoms with Crippen molar-refractivity contribution < 1.29 is 9.66 Å². The lowest BCUT2D eigenvalue weighted by Gasteiger charge is -2.22. The smallest absolute Gasteiger partial charge is 0.269 e. The molecule has 0 saturated carbocycles. The van der Waals surface area contributed by atoms with Crippen LogP contribution in [0.15, 0.2) is 42.5 Å². The van der Waals surface area contributed by atoms with Gasteiger partial charge in [0.05, 0.1) is 29.1 Å². The van der Waals surface area contributed by atoms with E-state index in [9.17, 15) is 10.1 Å². The van der Waals surface area contributed by atoms with Gasteiger partial charge >= 0.3 is 0 Å². The molecule has 3 aromatic rings.